The van der Waals surface area contributed by atoms with E-state index in [4.69, 9.17) is 43.3 Å². The first kappa shape index (κ1) is 22.4. The number of hydrazine groups is 1. The molecule has 0 saturated carbocycles. The average Bonchev–Trinajstić information content (AvgIpc) is 3.44. The summed E-state index contributed by atoms with van der Waals surface area (Å²) in [5.41, 5.74) is 3.26. The predicted octanol–water partition coefficient (Wildman–Crippen LogP) is 3.53. The van der Waals surface area contributed by atoms with Crippen LogP contribution in [0.2, 0.25) is 10.0 Å². The van der Waals surface area contributed by atoms with Gasteiger partial charge in [0, 0.05) is 28.7 Å². The van der Waals surface area contributed by atoms with Gasteiger partial charge in [-0.3, -0.25) is 5.43 Å². The van der Waals surface area contributed by atoms with Crippen LogP contribution in [0.25, 0.3) is 0 Å². The molecule has 1 aliphatic rings. The van der Waals surface area contributed by atoms with Gasteiger partial charge >= 0.3 is 6.03 Å². The quantitative estimate of drug-likeness (QED) is 0.272. The predicted molar refractivity (Wildman–Crippen MR) is 119 cm³/mol. The molecule has 2 unspecified atom stereocenters. The summed E-state index contributed by atoms with van der Waals surface area (Å²) in [7, 11) is 0. The maximum absolute atomic E-state index is 11.3. The van der Waals surface area contributed by atoms with E-state index in [2.05, 4.69) is 10.3 Å². The fourth-order valence-electron chi connectivity index (χ4n) is 3.37. The van der Waals surface area contributed by atoms with Crippen LogP contribution in [0.5, 0.6) is 5.75 Å². The van der Waals surface area contributed by atoms with E-state index < -0.39 is 11.8 Å². The monoisotopic (exact) mass is 477 g/mol. The average molecular weight is 478 g/mol. The van der Waals surface area contributed by atoms with Crippen molar-refractivity contribution in [2.45, 2.75) is 18.4 Å². The molecule has 4 rings (SSSR count). The summed E-state index contributed by atoms with van der Waals surface area (Å²) in [4.78, 5) is 15.4. The molecule has 1 aromatic heterocycles. The van der Waals surface area contributed by atoms with Gasteiger partial charge in [0.1, 0.15) is 18.5 Å². The van der Waals surface area contributed by atoms with Crippen molar-refractivity contribution in [2.24, 2.45) is 5.84 Å². The maximum Gasteiger partial charge on any atom is 0.333 e. The van der Waals surface area contributed by atoms with E-state index in [-0.39, 0.29) is 12.7 Å². The maximum atomic E-state index is 11.3. The molecule has 0 aliphatic carbocycles. The second-order valence-corrected chi connectivity index (χ2v) is 7.94. The van der Waals surface area contributed by atoms with Crippen LogP contribution in [0, 0.1) is 0 Å². The molecular weight excluding hydrogens is 457 g/mol. The lowest BCUT2D eigenvalue weighted by Crippen LogP contribution is -2.34. The van der Waals surface area contributed by atoms with Crippen LogP contribution in [-0.2, 0) is 21.8 Å². The van der Waals surface area contributed by atoms with Gasteiger partial charge in [0.25, 0.3) is 0 Å². The van der Waals surface area contributed by atoms with Crippen molar-refractivity contribution in [2.75, 3.05) is 18.5 Å². The lowest BCUT2D eigenvalue weighted by Gasteiger charge is -2.30. The number of carbonyl (C=O) groups is 1. The number of ether oxygens (including phenoxy) is 3. The molecule has 168 valence electrons. The van der Waals surface area contributed by atoms with Crippen LogP contribution in [0.1, 0.15) is 5.56 Å². The SMILES string of the molecule is NNC(=O)Nc1ccc(OCC2COC(Cn3ccnc3)(c3ccc(Cl)cc3Cl)O2)cc1. The first-order valence-corrected chi connectivity index (χ1v) is 10.5. The van der Waals surface area contributed by atoms with Gasteiger partial charge in [0.05, 0.1) is 24.5 Å². The van der Waals surface area contributed by atoms with E-state index in [1.807, 2.05) is 16.2 Å². The molecule has 11 heteroatoms. The Morgan fingerprint density at radius 1 is 1.28 bits per heavy atom. The number of benzene rings is 2. The summed E-state index contributed by atoms with van der Waals surface area (Å²) < 4.78 is 20.2. The number of halogens is 2. The van der Waals surface area contributed by atoms with Crippen LogP contribution in [-0.4, -0.2) is 34.9 Å². The zero-order valence-corrected chi connectivity index (χ0v) is 18.3. The summed E-state index contributed by atoms with van der Waals surface area (Å²) in [6.07, 6.45) is 4.85. The highest BCUT2D eigenvalue weighted by Gasteiger charge is 2.45. The topological polar surface area (TPSA) is 113 Å². The molecule has 0 spiro atoms. The zero-order valence-electron chi connectivity index (χ0n) is 16.8. The molecule has 2 aromatic carbocycles. The molecule has 32 heavy (non-hydrogen) atoms. The first-order chi connectivity index (χ1) is 15.5. The van der Waals surface area contributed by atoms with Crippen LogP contribution in [0.4, 0.5) is 10.5 Å². The number of imidazole rings is 1. The lowest BCUT2D eigenvalue weighted by molar-refractivity contribution is -0.189. The third-order valence-corrected chi connectivity index (χ3v) is 5.38. The largest absolute Gasteiger partial charge is 0.491 e. The second-order valence-electron chi connectivity index (χ2n) is 7.10. The molecule has 1 saturated heterocycles. The molecular formula is C21H21Cl2N5O4. The Morgan fingerprint density at radius 3 is 2.78 bits per heavy atom. The summed E-state index contributed by atoms with van der Waals surface area (Å²) in [6, 6.07) is 11.6. The van der Waals surface area contributed by atoms with Gasteiger partial charge in [0.15, 0.2) is 0 Å². The van der Waals surface area contributed by atoms with E-state index in [9.17, 15) is 4.79 Å². The van der Waals surface area contributed by atoms with Crippen molar-refractivity contribution in [3.8, 4) is 5.75 Å². The third kappa shape index (κ3) is 5.14. The Bertz CT molecular complexity index is 1060. The van der Waals surface area contributed by atoms with Crippen molar-refractivity contribution in [1.29, 1.82) is 0 Å². The van der Waals surface area contributed by atoms with Crippen molar-refractivity contribution < 1.29 is 19.0 Å². The Labute approximate surface area is 194 Å². The molecule has 0 bridgehead atoms. The van der Waals surface area contributed by atoms with Crippen molar-refractivity contribution in [3.05, 3.63) is 76.8 Å². The number of urea groups is 1. The highest BCUT2D eigenvalue weighted by atomic mass is 35.5. The Balaban J connectivity index is 1.45. The van der Waals surface area contributed by atoms with Gasteiger partial charge in [-0.05, 0) is 36.4 Å². The molecule has 1 fully saturated rings. The molecule has 2 heterocycles. The van der Waals surface area contributed by atoms with E-state index >= 15 is 0 Å². The smallest absolute Gasteiger partial charge is 0.333 e. The van der Waals surface area contributed by atoms with Gasteiger partial charge in [-0.15, -0.1) is 0 Å². The molecule has 0 radical (unpaired) electrons. The van der Waals surface area contributed by atoms with Gasteiger partial charge in [-0.1, -0.05) is 29.3 Å². The van der Waals surface area contributed by atoms with Gasteiger partial charge in [0.2, 0.25) is 5.79 Å². The van der Waals surface area contributed by atoms with Gasteiger partial charge < -0.3 is 24.1 Å². The van der Waals surface area contributed by atoms with Gasteiger partial charge in [-0.2, -0.15) is 0 Å². The third-order valence-electron chi connectivity index (χ3n) is 4.83. The first-order valence-electron chi connectivity index (χ1n) is 9.71. The number of hydrogen-bond donors (Lipinski definition) is 3. The van der Waals surface area contributed by atoms with Crippen molar-refractivity contribution in [1.82, 2.24) is 15.0 Å². The standard InChI is InChI=1S/C21H21Cl2N5O4/c22-14-1-6-18(19(23)9-14)21(12-28-8-7-25-13-28)31-11-17(32-21)10-30-16-4-2-15(3-5-16)26-20(29)27-24/h1-9,13,17H,10-12,24H2,(H2,26,27,29). The fraction of sp³-hybridized carbons (Fsp3) is 0.238. The van der Waals surface area contributed by atoms with E-state index in [1.165, 1.54) is 0 Å². The number of nitrogens with one attached hydrogen (secondary N) is 2. The molecule has 2 atom stereocenters. The summed E-state index contributed by atoms with van der Waals surface area (Å²) in [5, 5.41) is 3.54. The van der Waals surface area contributed by atoms with Crippen LogP contribution in [0.3, 0.4) is 0 Å². The fourth-order valence-corrected chi connectivity index (χ4v) is 3.92. The van der Waals surface area contributed by atoms with E-state index in [1.54, 1.807) is 55.0 Å². The zero-order chi connectivity index (χ0) is 22.6. The molecule has 4 N–H and O–H groups in total. The van der Waals surface area contributed by atoms with Crippen LogP contribution in [0.15, 0.2) is 61.2 Å². The number of amides is 2. The summed E-state index contributed by atoms with van der Waals surface area (Å²) in [6.45, 7) is 0.922. The minimum Gasteiger partial charge on any atom is -0.491 e. The Kier molecular flexibility index (Phi) is 6.83. The second kappa shape index (κ2) is 9.76. The number of rotatable bonds is 7. The molecule has 1 aliphatic heterocycles. The number of carbonyl (C=O) groups excluding carboxylic acids is 1. The molecule has 9 nitrogen and oxygen atoms in total. The van der Waals surface area contributed by atoms with Crippen LogP contribution < -0.4 is 21.3 Å². The number of nitrogens with two attached hydrogens (primary N) is 1. The minimum absolute atomic E-state index is 0.257. The molecule has 2 amide bonds. The molecule has 3 aromatic rings. The van der Waals surface area contributed by atoms with Crippen molar-refractivity contribution >= 4 is 34.9 Å². The Hall–Kier alpha value is -2.82. The Morgan fingerprint density at radius 2 is 2.09 bits per heavy atom. The number of anilines is 1. The highest BCUT2D eigenvalue weighted by molar-refractivity contribution is 6.35. The number of hydrogen-bond acceptors (Lipinski definition) is 6. The minimum atomic E-state index is -1.11. The summed E-state index contributed by atoms with van der Waals surface area (Å²) in [5.74, 6) is 4.56. The van der Waals surface area contributed by atoms with Crippen molar-refractivity contribution in [3.63, 3.8) is 0 Å². The number of aromatic nitrogens is 2. The number of nitrogens with zero attached hydrogens (tertiary/aromatic N) is 2. The normalized spacial score (nSPS) is 20.2. The van der Waals surface area contributed by atoms with Crippen LogP contribution >= 0.6 is 23.2 Å². The van der Waals surface area contributed by atoms with E-state index in [0.717, 1.165) is 0 Å². The van der Waals surface area contributed by atoms with Gasteiger partial charge in [-0.25, -0.2) is 15.6 Å². The van der Waals surface area contributed by atoms with E-state index in [0.29, 0.717) is 40.2 Å². The highest BCUT2D eigenvalue weighted by Crippen LogP contribution is 2.40. The lowest BCUT2D eigenvalue weighted by atomic mass is 10.1. The summed E-state index contributed by atoms with van der Waals surface area (Å²) >= 11 is 12.5.